The lowest BCUT2D eigenvalue weighted by atomic mass is 10.1. The van der Waals surface area contributed by atoms with Crippen molar-refractivity contribution in [2.24, 2.45) is 0 Å². The molecule has 0 fully saturated rings. The molecule has 2 nitrogen and oxygen atoms in total. The number of ether oxygens (including phenoxy) is 1. The van der Waals surface area contributed by atoms with E-state index in [1.807, 2.05) is 0 Å². The zero-order valence-electron chi connectivity index (χ0n) is 11.0. The Hall–Kier alpha value is -1.72. The molecule has 2 aromatic carbocycles. The molecule has 0 bridgehead atoms. The van der Waals surface area contributed by atoms with Crippen LogP contribution in [0.1, 0.15) is 15.9 Å². The van der Waals surface area contributed by atoms with Crippen LogP contribution < -0.4 is 4.74 Å². The highest BCUT2D eigenvalue weighted by Crippen LogP contribution is 2.37. The number of halogens is 5. The molecule has 0 radical (unpaired) electrons. The van der Waals surface area contributed by atoms with Gasteiger partial charge in [-0.05, 0) is 30.3 Å². The first kappa shape index (κ1) is 16.6. The molecule has 2 aromatic rings. The molecule has 0 aliphatic carbocycles. The fourth-order valence-corrected chi connectivity index (χ4v) is 2.10. The Balaban J connectivity index is 2.34. The molecule has 0 aromatic heterocycles. The SMILES string of the molecule is O=C(CCl)c1ccccc1Oc1ccc(C(F)(F)F)cc1Cl. The number of ketones is 1. The number of rotatable bonds is 4. The van der Waals surface area contributed by atoms with E-state index in [0.717, 1.165) is 18.2 Å². The van der Waals surface area contributed by atoms with Crippen molar-refractivity contribution in [1.82, 2.24) is 0 Å². The monoisotopic (exact) mass is 348 g/mol. The first-order chi connectivity index (χ1) is 10.3. The highest BCUT2D eigenvalue weighted by Gasteiger charge is 2.31. The number of hydrogen-bond acceptors (Lipinski definition) is 2. The van der Waals surface area contributed by atoms with Gasteiger partial charge < -0.3 is 4.74 Å². The summed E-state index contributed by atoms with van der Waals surface area (Å²) in [6.07, 6.45) is -4.49. The largest absolute Gasteiger partial charge is 0.455 e. The van der Waals surface area contributed by atoms with E-state index in [1.54, 1.807) is 12.1 Å². The molecule has 0 saturated heterocycles. The fraction of sp³-hybridized carbons (Fsp3) is 0.133. The van der Waals surface area contributed by atoms with E-state index in [9.17, 15) is 18.0 Å². The summed E-state index contributed by atoms with van der Waals surface area (Å²) in [5.41, 5.74) is -0.650. The summed E-state index contributed by atoms with van der Waals surface area (Å²) >= 11 is 11.3. The van der Waals surface area contributed by atoms with Gasteiger partial charge in [0.1, 0.15) is 11.5 Å². The second-order valence-electron chi connectivity index (χ2n) is 4.30. The van der Waals surface area contributed by atoms with Crippen LogP contribution in [0.15, 0.2) is 42.5 Å². The summed E-state index contributed by atoms with van der Waals surface area (Å²) in [5.74, 6) is -0.402. The fourth-order valence-electron chi connectivity index (χ4n) is 1.74. The smallest absolute Gasteiger partial charge is 0.416 e. The summed E-state index contributed by atoms with van der Waals surface area (Å²) in [6.45, 7) is 0. The number of hydrogen-bond donors (Lipinski definition) is 0. The third-order valence-electron chi connectivity index (χ3n) is 2.79. The van der Waals surface area contributed by atoms with Crippen molar-refractivity contribution in [3.8, 4) is 11.5 Å². The Bertz CT molecular complexity index is 699. The Labute approximate surface area is 134 Å². The van der Waals surface area contributed by atoms with Gasteiger partial charge in [0.25, 0.3) is 0 Å². The second-order valence-corrected chi connectivity index (χ2v) is 4.97. The lowest BCUT2D eigenvalue weighted by Gasteiger charge is -2.13. The minimum atomic E-state index is -4.49. The zero-order chi connectivity index (χ0) is 16.3. The second kappa shape index (κ2) is 6.58. The lowest BCUT2D eigenvalue weighted by molar-refractivity contribution is -0.137. The number of carbonyl (C=O) groups is 1. The number of benzene rings is 2. The van der Waals surface area contributed by atoms with E-state index in [0.29, 0.717) is 0 Å². The molecule has 0 unspecified atom stereocenters. The normalized spacial score (nSPS) is 11.3. The molecule has 116 valence electrons. The van der Waals surface area contributed by atoms with E-state index in [4.69, 9.17) is 27.9 Å². The van der Waals surface area contributed by atoms with Gasteiger partial charge in [-0.3, -0.25) is 4.79 Å². The van der Waals surface area contributed by atoms with Crippen molar-refractivity contribution in [1.29, 1.82) is 0 Å². The number of carbonyl (C=O) groups excluding carboxylic acids is 1. The minimum Gasteiger partial charge on any atom is -0.455 e. The van der Waals surface area contributed by atoms with Gasteiger partial charge in [-0.1, -0.05) is 23.7 Å². The van der Waals surface area contributed by atoms with Crippen LogP contribution >= 0.6 is 23.2 Å². The predicted octanol–water partition coefficient (Wildman–Crippen LogP) is 5.57. The average molecular weight is 349 g/mol. The quantitative estimate of drug-likeness (QED) is 0.533. The zero-order valence-corrected chi connectivity index (χ0v) is 12.5. The first-order valence-electron chi connectivity index (χ1n) is 6.05. The highest BCUT2D eigenvalue weighted by molar-refractivity contribution is 6.32. The number of Topliss-reactive ketones (excluding diaryl/α,β-unsaturated/α-hetero) is 1. The molecule has 0 saturated carbocycles. The minimum absolute atomic E-state index is 0.0180. The summed E-state index contributed by atoms with van der Waals surface area (Å²) in [7, 11) is 0. The first-order valence-corrected chi connectivity index (χ1v) is 6.97. The third-order valence-corrected chi connectivity index (χ3v) is 3.33. The molecule has 0 spiro atoms. The molecule has 0 atom stereocenters. The van der Waals surface area contributed by atoms with Crippen LogP contribution in [0, 0.1) is 0 Å². The molecule has 0 heterocycles. The lowest BCUT2D eigenvalue weighted by Crippen LogP contribution is -2.05. The van der Waals surface area contributed by atoms with E-state index >= 15 is 0 Å². The molecule has 0 aliphatic heterocycles. The van der Waals surface area contributed by atoms with E-state index in [2.05, 4.69) is 0 Å². The maximum absolute atomic E-state index is 12.6. The van der Waals surface area contributed by atoms with Crippen molar-refractivity contribution in [2.75, 3.05) is 5.88 Å². The summed E-state index contributed by atoms with van der Waals surface area (Å²) in [5, 5.41) is -0.206. The molecule has 0 N–H and O–H groups in total. The van der Waals surface area contributed by atoms with Gasteiger partial charge in [-0.15, -0.1) is 11.6 Å². The van der Waals surface area contributed by atoms with E-state index < -0.39 is 11.7 Å². The molecule has 2 rings (SSSR count). The third kappa shape index (κ3) is 3.72. The van der Waals surface area contributed by atoms with Crippen LogP contribution in [0.2, 0.25) is 5.02 Å². The highest BCUT2D eigenvalue weighted by atomic mass is 35.5. The van der Waals surface area contributed by atoms with Gasteiger partial charge >= 0.3 is 6.18 Å². The molecule has 7 heteroatoms. The summed E-state index contributed by atoms with van der Waals surface area (Å²) in [6, 6.07) is 8.99. The van der Waals surface area contributed by atoms with Crippen molar-refractivity contribution >= 4 is 29.0 Å². The maximum atomic E-state index is 12.6. The number of alkyl halides is 4. The molecular formula is C15H9Cl2F3O2. The average Bonchev–Trinajstić information content (AvgIpc) is 2.48. The van der Waals surface area contributed by atoms with Crippen LogP contribution in [-0.2, 0) is 6.18 Å². The van der Waals surface area contributed by atoms with Crippen molar-refractivity contribution in [3.05, 3.63) is 58.6 Å². The van der Waals surface area contributed by atoms with Gasteiger partial charge in [0.15, 0.2) is 5.78 Å². The van der Waals surface area contributed by atoms with Crippen LogP contribution in [0.3, 0.4) is 0 Å². The van der Waals surface area contributed by atoms with Crippen LogP contribution in [0.4, 0.5) is 13.2 Å². The number of para-hydroxylation sites is 1. The Kier molecular flexibility index (Phi) is 4.98. The van der Waals surface area contributed by atoms with Gasteiger partial charge in [-0.2, -0.15) is 13.2 Å². The Morgan fingerprint density at radius 2 is 1.77 bits per heavy atom. The van der Waals surface area contributed by atoms with Gasteiger partial charge in [-0.25, -0.2) is 0 Å². The topological polar surface area (TPSA) is 26.3 Å². The molecule has 22 heavy (non-hydrogen) atoms. The summed E-state index contributed by atoms with van der Waals surface area (Å²) in [4.78, 5) is 11.7. The van der Waals surface area contributed by atoms with Gasteiger partial charge in [0.2, 0.25) is 0 Å². The molecule has 0 amide bonds. The Morgan fingerprint density at radius 1 is 1.09 bits per heavy atom. The van der Waals surface area contributed by atoms with Gasteiger partial charge in [0.05, 0.1) is 22.0 Å². The van der Waals surface area contributed by atoms with Crippen molar-refractivity contribution in [2.45, 2.75) is 6.18 Å². The van der Waals surface area contributed by atoms with Crippen molar-refractivity contribution in [3.63, 3.8) is 0 Å². The van der Waals surface area contributed by atoms with Crippen LogP contribution in [-0.4, -0.2) is 11.7 Å². The van der Waals surface area contributed by atoms with E-state index in [-0.39, 0.29) is 33.7 Å². The predicted molar refractivity (Wildman–Crippen MR) is 78.0 cm³/mol. The van der Waals surface area contributed by atoms with Crippen LogP contribution in [0.5, 0.6) is 11.5 Å². The molecule has 0 aliphatic rings. The maximum Gasteiger partial charge on any atom is 0.416 e. The van der Waals surface area contributed by atoms with E-state index in [1.165, 1.54) is 12.1 Å². The Morgan fingerprint density at radius 3 is 2.36 bits per heavy atom. The standard InChI is InChI=1S/C15H9Cl2F3O2/c16-8-12(21)10-3-1-2-4-13(10)22-14-6-5-9(7-11(14)17)15(18,19)20/h1-7H,8H2. The molecular weight excluding hydrogens is 340 g/mol. The summed E-state index contributed by atoms with van der Waals surface area (Å²) < 4.78 is 43.2. The van der Waals surface area contributed by atoms with Gasteiger partial charge in [0, 0.05) is 0 Å². The van der Waals surface area contributed by atoms with Crippen molar-refractivity contribution < 1.29 is 22.7 Å². The van der Waals surface area contributed by atoms with Crippen LogP contribution in [0.25, 0.3) is 0 Å².